The fourth-order valence-corrected chi connectivity index (χ4v) is 4.34. The number of thiophene rings is 1. The van der Waals surface area contributed by atoms with Crippen molar-refractivity contribution in [3.8, 4) is 0 Å². The van der Waals surface area contributed by atoms with E-state index in [2.05, 4.69) is 0 Å². The maximum absolute atomic E-state index is 12.4. The average Bonchev–Trinajstić information content (AvgIpc) is 2.90. The Morgan fingerprint density at radius 1 is 1.29 bits per heavy atom. The summed E-state index contributed by atoms with van der Waals surface area (Å²) < 4.78 is 13.0. The van der Waals surface area contributed by atoms with Crippen molar-refractivity contribution in [1.29, 1.82) is 0 Å². The third kappa shape index (κ3) is 4.15. The molecule has 0 saturated carbocycles. The molecule has 2 rings (SSSR count). The molecule has 3 nitrogen and oxygen atoms in total. The number of para-hydroxylation sites is 1. The maximum Gasteiger partial charge on any atom is 0.242 e. The predicted molar refractivity (Wildman–Crippen MR) is 90.5 cm³/mol. The second-order valence-corrected chi connectivity index (χ2v) is 8.16. The topological polar surface area (TPSA) is 37.4 Å². The number of hydrogen-bond acceptors (Lipinski definition) is 3. The Labute approximate surface area is 136 Å². The number of hydrogen-bond donors (Lipinski definition) is 0. The van der Waals surface area contributed by atoms with Gasteiger partial charge in [-0.25, -0.2) is 0 Å². The predicted octanol–water partition coefficient (Wildman–Crippen LogP) is 3.70. The number of carbonyl (C=O) groups excluding carboxylic acids is 1. The second-order valence-electron chi connectivity index (χ2n) is 4.61. The van der Waals surface area contributed by atoms with E-state index in [0.29, 0.717) is 10.1 Å². The lowest BCUT2D eigenvalue weighted by Crippen LogP contribution is -2.37. The third-order valence-corrected chi connectivity index (χ3v) is 6.13. The van der Waals surface area contributed by atoms with Crippen LogP contribution in [0.2, 0.25) is 4.34 Å². The van der Waals surface area contributed by atoms with Crippen LogP contribution in [0.1, 0.15) is 11.8 Å². The van der Waals surface area contributed by atoms with Gasteiger partial charge in [0.25, 0.3) is 0 Å². The van der Waals surface area contributed by atoms with Gasteiger partial charge in [0.1, 0.15) is 5.25 Å². The number of halogens is 1. The fourth-order valence-electron chi connectivity index (χ4n) is 1.86. The van der Waals surface area contributed by atoms with Gasteiger partial charge < -0.3 is 4.90 Å². The van der Waals surface area contributed by atoms with Crippen molar-refractivity contribution in [1.82, 2.24) is 0 Å². The van der Waals surface area contributed by atoms with E-state index in [0.717, 1.165) is 10.6 Å². The number of nitrogens with zero attached hydrogens (tertiary/aromatic N) is 1. The van der Waals surface area contributed by atoms with E-state index >= 15 is 0 Å². The minimum absolute atomic E-state index is 0.151. The van der Waals surface area contributed by atoms with Crippen molar-refractivity contribution >= 4 is 45.3 Å². The van der Waals surface area contributed by atoms with Crippen LogP contribution in [0.3, 0.4) is 0 Å². The summed E-state index contributed by atoms with van der Waals surface area (Å²) in [6.45, 7) is 1.70. The van der Waals surface area contributed by atoms with E-state index in [9.17, 15) is 9.00 Å². The van der Waals surface area contributed by atoms with Crippen LogP contribution in [0.25, 0.3) is 0 Å². The summed E-state index contributed by atoms with van der Waals surface area (Å²) in [6.07, 6.45) is 0. The Bertz CT molecular complexity index is 642. The number of benzene rings is 1. The fraction of sp³-hybridized carbons (Fsp3) is 0.267. The van der Waals surface area contributed by atoms with E-state index in [1.807, 2.05) is 36.4 Å². The highest BCUT2D eigenvalue weighted by Gasteiger charge is 2.24. The molecule has 0 fully saturated rings. The molecule has 2 atom stereocenters. The number of carbonyl (C=O) groups is 1. The summed E-state index contributed by atoms with van der Waals surface area (Å²) in [6, 6.07) is 13.0. The van der Waals surface area contributed by atoms with Crippen molar-refractivity contribution in [3.05, 3.63) is 51.7 Å². The summed E-state index contributed by atoms with van der Waals surface area (Å²) in [5, 5.41) is -0.559. The summed E-state index contributed by atoms with van der Waals surface area (Å²) >= 11 is 7.26. The van der Waals surface area contributed by atoms with Gasteiger partial charge in [-0.1, -0.05) is 29.8 Å². The van der Waals surface area contributed by atoms with Crippen LogP contribution in [-0.2, 0) is 21.3 Å². The molecule has 0 N–H and O–H groups in total. The SMILES string of the molecule is C[C@H](C(=O)N(C)c1ccccc1)[S@](=O)Cc1ccc(Cl)s1. The highest BCUT2D eigenvalue weighted by Crippen LogP contribution is 2.23. The molecule has 0 aliphatic carbocycles. The first-order valence-electron chi connectivity index (χ1n) is 6.43. The van der Waals surface area contributed by atoms with Crippen LogP contribution < -0.4 is 4.90 Å². The Balaban J connectivity index is 2.03. The molecular weight excluding hydrogens is 326 g/mol. The van der Waals surface area contributed by atoms with E-state index in [4.69, 9.17) is 11.6 Å². The van der Waals surface area contributed by atoms with E-state index in [1.54, 1.807) is 24.9 Å². The highest BCUT2D eigenvalue weighted by atomic mass is 35.5. The van der Waals surface area contributed by atoms with Gasteiger partial charge in [-0.3, -0.25) is 9.00 Å². The van der Waals surface area contributed by atoms with E-state index in [-0.39, 0.29) is 5.91 Å². The number of anilines is 1. The van der Waals surface area contributed by atoms with Gasteiger partial charge in [0.05, 0.1) is 10.1 Å². The standard InChI is InChI=1S/C15H16ClNO2S2/c1-11(21(19)10-13-8-9-14(16)20-13)15(18)17(2)12-6-4-3-5-7-12/h3-9,11H,10H2,1-2H3/t11-,21-/m1/s1. The zero-order valence-corrected chi connectivity index (χ0v) is 14.2. The van der Waals surface area contributed by atoms with E-state index in [1.165, 1.54) is 11.3 Å². The molecule has 0 bridgehead atoms. The van der Waals surface area contributed by atoms with Crippen molar-refractivity contribution in [3.63, 3.8) is 0 Å². The van der Waals surface area contributed by atoms with Gasteiger partial charge in [0.15, 0.2) is 0 Å². The van der Waals surface area contributed by atoms with Crippen LogP contribution in [0.15, 0.2) is 42.5 Å². The first-order valence-corrected chi connectivity index (χ1v) is 9.00. The first-order chi connectivity index (χ1) is 9.99. The molecule has 1 aromatic heterocycles. The zero-order chi connectivity index (χ0) is 15.4. The molecule has 1 heterocycles. The molecular formula is C15H16ClNO2S2. The van der Waals surface area contributed by atoms with E-state index < -0.39 is 16.0 Å². The summed E-state index contributed by atoms with van der Waals surface area (Å²) in [7, 11) is 0.435. The molecule has 1 amide bonds. The molecule has 21 heavy (non-hydrogen) atoms. The molecule has 0 spiro atoms. The summed E-state index contributed by atoms with van der Waals surface area (Å²) in [4.78, 5) is 14.9. The lowest BCUT2D eigenvalue weighted by atomic mass is 10.3. The lowest BCUT2D eigenvalue weighted by Gasteiger charge is -2.21. The van der Waals surface area contributed by atoms with Gasteiger partial charge in [-0.2, -0.15) is 0 Å². The molecule has 112 valence electrons. The van der Waals surface area contributed by atoms with Crippen molar-refractivity contribution < 1.29 is 9.00 Å². The van der Waals surface area contributed by atoms with Gasteiger partial charge in [0.2, 0.25) is 5.91 Å². The summed E-state index contributed by atoms with van der Waals surface area (Å²) in [5.74, 6) is 0.203. The maximum atomic E-state index is 12.4. The Morgan fingerprint density at radius 3 is 2.52 bits per heavy atom. The zero-order valence-electron chi connectivity index (χ0n) is 11.8. The Kier molecular flexibility index (Phi) is 5.56. The molecule has 0 aliphatic heterocycles. The molecule has 2 aromatic rings. The monoisotopic (exact) mass is 341 g/mol. The lowest BCUT2D eigenvalue weighted by molar-refractivity contribution is -0.117. The molecule has 0 aliphatic rings. The van der Waals surface area contributed by atoms with Crippen molar-refractivity contribution in [2.45, 2.75) is 17.9 Å². The van der Waals surface area contributed by atoms with Gasteiger partial charge in [-0.15, -0.1) is 11.3 Å². The Hall–Kier alpha value is -1.17. The quantitative estimate of drug-likeness (QED) is 0.831. The minimum atomic E-state index is -1.27. The van der Waals surface area contributed by atoms with Crippen molar-refractivity contribution in [2.24, 2.45) is 0 Å². The van der Waals surface area contributed by atoms with Gasteiger partial charge in [-0.05, 0) is 31.2 Å². The highest BCUT2D eigenvalue weighted by molar-refractivity contribution is 7.85. The van der Waals surface area contributed by atoms with Gasteiger partial charge in [0, 0.05) is 28.4 Å². The smallest absolute Gasteiger partial charge is 0.242 e. The van der Waals surface area contributed by atoms with Gasteiger partial charge >= 0.3 is 0 Å². The summed E-state index contributed by atoms with van der Waals surface area (Å²) in [5.41, 5.74) is 0.797. The van der Waals surface area contributed by atoms with Crippen LogP contribution in [0.5, 0.6) is 0 Å². The molecule has 0 saturated heterocycles. The van der Waals surface area contributed by atoms with Crippen LogP contribution >= 0.6 is 22.9 Å². The third-order valence-electron chi connectivity index (χ3n) is 3.13. The number of amides is 1. The average molecular weight is 342 g/mol. The molecule has 0 radical (unpaired) electrons. The second kappa shape index (κ2) is 7.20. The normalized spacial score (nSPS) is 13.7. The van der Waals surface area contributed by atoms with Crippen molar-refractivity contribution in [2.75, 3.05) is 11.9 Å². The van der Waals surface area contributed by atoms with Crippen LogP contribution in [0, 0.1) is 0 Å². The Morgan fingerprint density at radius 2 is 1.95 bits per heavy atom. The number of rotatable bonds is 5. The largest absolute Gasteiger partial charge is 0.314 e. The molecule has 0 unspecified atom stereocenters. The van der Waals surface area contributed by atoms with Crippen LogP contribution in [-0.4, -0.2) is 22.4 Å². The minimum Gasteiger partial charge on any atom is -0.314 e. The van der Waals surface area contributed by atoms with Crippen LogP contribution in [0.4, 0.5) is 5.69 Å². The molecule has 6 heteroatoms. The molecule has 1 aromatic carbocycles. The first kappa shape index (κ1) is 16.2.